The highest BCUT2D eigenvalue weighted by atomic mass is 16.5. The van der Waals surface area contributed by atoms with Gasteiger partial charge in [0.05, 0.1) is 13.2 Å². The maximum absolute atomic E-state index is 9.66. The van der Waals surface area contributed by atoms with Gasteiger partial charge < -0.3 is 20.7 Å². The van der Waals surface area contributed by atoms with Gasteiger partial charge in [-0.05, 0) is 19.0 Å². The van der Waals surface area contributed by atoms with Crippen molar-refractivity contribution < 1.29 is 14.9 Å². The minimum atomic E-state index is -0.741. The third kappa shape index (κ3) is 2.16. The van der Waals surface area contributed by atoms with Crippen molar-refractivity contribution >= 4 is 0 Å². The van der Waals surface area contributed by atoms with Crippen molar-refractivity contribution in [2.75, 3.05) is 13.7 Å². The number of methoxy groups -OCH3 is 1. The molecule has 0 bridgehead atoms. The van der Waals surface area contributed by atoms with Crippen LogP contribution in [0, 0.1) is 0 Å². The fourth-order valence-electron chi connectivity index (χ4n) is 1.29. The number of rotatable bonds is 4. The van der Waals surface area contributed by atoms with E-state index in [1.807, 2.05) is 0 Å². The van der Waals surface area contributed by atoms with Crippen LogP contribution in [0.25, 0.3) is 0 Å². The molecule has 0 fully saturated rings. The van der Waals surface area contributed by atoms with E-state index in [9.17, 15) is 10.2 Å². The summed E-state index contributed by atoms with van der Waals surface area (Å²) in [7, 11) is 1.47. The smallest absolute Gasteiger partial charge is 0.163 e. The molecule has 0 aliphatic heterocycles. The van der Waals surface area contributed by atoms with Gasteiger partial charge in [-0.3, -0.25) is 0 Å². The van der Waals surface area contributed by atoms with Crippen LogP contribution < -0.4 is 10.5 Å². The number of phenolic OH excluding ortho intramolecular Hbond substituents is 1. The molecular formula is C10H15NO3. The third-order valence-electron chi connectivity index (χ3n) is 2.05. The molecule has 0 saturated heterocycles. The Labute approximate surface area is 82.9 Å². The number of phenols is 1. The highest BCUT2D eigenvalue weighted by molar-refractivity contribution is 5.46. The topological polar surface area (TPSA) is 75.7 Å². The lowest BCUT2D eigenvalue weighted by molar-refractivity contribution is 0.165. The van der Waals surface area contributed by atoms with Gasteiger partial charge in [-0.1, -0.05) is 12.1 Å². The van der Waals surface area contributed by atoms with E-state index in [0.717, 1.165) is 0 Å². The summed E-state index contributed by atoms with van der Waals surface area (Å²) in [5.74, 6) is 0.342. The van der Waals surface area contributed by atoms with Gasteiger partial charge in [-0.15, -0.1) is 0 Å². The lowest BCUT2D eigenvalue weighted by atomic mass is 10.1. The zero-order chi connectivity index (χ0) is 10.6. The number of ether oxygens (including phenoxy) is 1. The minimum absolute atomic E-state index is 0.0176. The molecule has 4 nitrogen and oxygen atoms in total. The number of nitrogens with two attached hydrogens (primary N) is 1. The SMILES string of the molecule is COc1cccc(C(O)CCN)c1O. The van der Waals surface area contributed by atoms with E-state index in [1.54, 1.807) is 18.2 Å². The lowest BCUT2D eigenvalue weighted by Crippen LogP contribution is -2.07. The number of para-hydroxylation sites is 1. The number of aliphatic hydroxyl groups excluding tert-OH is 1. The first-order valence-corrected chi connectivity index (χ1v) is 4.44. The summed E-state index contributed by atoms with van der Waals surface area (Å²) in [5.41, 5.74) is 5.77. The van der Waals surface area contributed by atoms with E-state index in [-0.39, 0.29) is 5.75 Å². The van der Waals surface area contributed by atoms with E-state index >= 15 is 0 Å². The normalized spacial score (nSPS) is 12.5. The van der Waals surface area contributed by atoms with Crippen molar-refractivity contribution in [3.8, 4) is 11.5 Å². The van der Waals surface area contributed by atoms with Crippen LogP contribution in [0.1, 0.15) is 18.1 Å². The van der Waals surface area contributed by atoms with Crippen molar-refractivity contribution in [2.24, 2.45) is 5.73 Å². The molecule has 1 aromatic carbocycles. The summed E-state index contributed by atoms with van der Waals surface area (Å²) in [4.78, 5) is 0. The van der Waals surface area contributed by atoms with E-state index < -0.39 is 6.10 Å². The molecule has 1 rings (SSSR count). The maximum atomic E-state index is 9.66. The molecule has 1 unspecified atom stereocenters. The van der Waals surface area contributed by atoms with Crippen LogP contribution in [-0.2, 0) is 0 Å². The number of hydrogen-bond donors (Lipinski definition) is 3. The molecule has 0 saturated carbocycles. The summed E-state index contributed by atoms with van der Waals surface area (Å²) in [6, 6.07) is 5.00. The summed E-state index contributed by atoms with van der Waals surface area (Å²) in [6.07, 6.45) is -0.323. The van der Waals surface area contributed by atoms with Gasteiger partial charge in [0.2, 0.25) is 0 Å². The largest absolute Gasteiger partial charge is 0.504 e. The van der Waals surface area contributed by atoms with E-state index in [4.69, 9.17) is 10.5 Å². The standard InChI is InChI=1S/C10H15NO3/c1-14-9-4-2-3-7(10(9)13)8(12)5-6-11/h2-4,8,12-13H,5-6,11H2,1H3. The van der Waals surface area contributed by atoms with Crippen molar-refractivity contribution in [3.05, 3.63) is 23.8 Å². The highest BCUT2D eigenvalue weighted by Crippen LogP contribution is 2.34. The number of aromatic hydroxyl groups is 1. The van der Waals surface area contributed by atoms with Crippen molar-refractivity contribution in [2.45, 2.75) is 12.5 Å². The Balaban J connectivity index is 2.96. The molecule has 14 heavy (non-hydrogen) atoms. The zero-order valence-electron chi connectivity index (χ0n) is 8.10. The van der Waals surface area contributed by atoms with Crippen LogP contribution in [0.2, 0.25) is 0 Å². The van der Waals surface area contributed by atoms with E-state index in [2.05, 4.69) is 0 Å². The van der Waals surface area contributed by atoms with Crippen LogP contribution in [-0.4, -0.2) is 23.9 Å². The van der Waals surface area contributed by atoms with Gasteiger partial charge in [-0.25, -0.2) is 0 Å². The van der Waals surface area contributed by atoms with Gasteiger partial charge in [-0.2, -0.15) is 0 Å². The average Bonchev–Trinajstić information content (AvgIpc) is 2.18. The fraction of sp³-hybridized carbons (Fsp3) is 0.400. The number of benzene rings is 1. The molecule has 4 N–H and O–H groups in total. The summed E-state index contributed by atoms with van der Waals surface area (Å²) in [6.45, 7) is 0.373. The Bertz CT molecular complexity index is 301. The summed E-state index contributed by atoms with van der Waals surface area (Å²) >= 11 is 0. The van der Waals surface area contributed by atoms with Crippen molar-refractivity contribution in [1.29, 1.82) is 0 Å². The van der Waals surface area contributed by atoms with Gasteiger partial charge in [0.25, 0.3) is 0 Å². The molecule has 1 atom stereocenters. The summed E-state index contributed by atoms with van der Waals surface area (Å²) < 4.78 is 4.92. The number of hydrogen-bond acceptors (Lipinski definition) is 4. The second-order valence-electron chi connectivity index (χ2n) is 2.99. The predicted molar refractivity (Wildman–Crippen MR) is 53.3 cm³/mol. The molecule has 1 aromatic rings. The second-order valence-corrected chi connectivity index (χ2v) is 2.99. The molecule has 0 aliphatic carbocycles. The first-order chi connectivity index (χ1) is 6.70. The Morgan fingerprint density at radius 1 is 1.50 bits per heavy atom. The molecule has 78 valence electrons. The third-order valence-corrected chi connectivity index (χ3v) is 2.05. The van der Waals surface area contributed by atoms with E-state index in [0.29, 0.717) is 24.3 Å². The zero-order valence-corrected chi connectivity index (χ0v) is 8.10. The molecule has 0 aromatic heterocycles. The first kappa shape index (κ1) is 10.8. The van der Waals surface area contributed by atoms with Gasteiger partial charge in [0.1, 0.15) is 0 Å². The first-order valence-electron chi connectivity index (χ1n) is 4.44. The monoisotopic (exact) mass is 197 g/mol. The Hall–Kier alpha value is -1.26. The highest BCUT2D eigenvalue weighted by Gasteiger charge is 2.14. The Kier molecular flexibility index (Phi) is 3.73. The van der Waals surface area contributed by atoms with Crippen LogP contribution >= 0.6 is 0 Å². The average molecular weight is 197 g/mol. The predicted octanol–water partition coefficient (Wildman–Crippen LogP) is 0.783. The van der Waals surface area contributed by atoms with Crippen LogP contribution in [0.4, 0.5) is 0 Å². The van der Waals surface area contributed by atoms with Crippen LogP contribution in [0.15, 0.2) is 18.2 Å². The fourth-order valence-corrected chi connectivity index (χ4v) is 1.29. The molecular weight excluding hydrogens is 182 g/mol. The minimum Gasteiger partial charge on any atom is -0.504 e. The van der Waals surface area contributed by atoms with Crippen molar-refractivity contribution in [1.82, 2.24) is 0 Å². The summed E-state index contributed by atoms with van der Waals surface area (Å²) in [5, 5.41) is 19.3. The molecule has 4 heteroatoms. The number of aliphatic hydroxyl groups is 1. The van der Waals surface area contributed by atoms with Crippen molar-refractivity contribution in [3.63, 3.8) is 0 Å². The van der Waals surface area contributed by atoms with Crippen LogP contribution in [0.5, 0.6) is 11.5 Å². The van der Waals surface area contributed by atoms with Gasteiger partial charge in [0.15, 0.2) is 11.5 Å². The van der Waals surface area contributed by atoms with Gasteiger partial charge in [0, 0.05) is 5.56 Å². The Morgan fingerprint density at radius 2 is 2.21 bits per heavy atom. The quantitative estimate of drug-likeness (QED) is 0.666. The molecule has 0 aliphatic rings. The van der Waals surface area contributed by atoms with Gasteiger partial charge >= 0.3 is 0 Å². The molecule has 0 spiro atoms. The molecule has 0 amide bonds. The van der Waals surface area contributed by atoms with Crippen LogP contribution in [0.3, 0.4) is 0 Å². The maximum Gasteiger partial charge on any atom is 0.163 e. The van der Waals surface area contributed by atoms with E-state index in [1.165, 1.54) is 7.11 Å². The Morgan fingerprint density at radius 3 is 2.79 bits per heavy atom. The molecule has 0 radical (unpaired) electrons. The lowest BCUT2D eigenvalue weighted by Gasteiger charge is -2.13. The second kappa shape index (κ2) is 4.83. The molecule has 0 heterocycles.